The molecule has 130 valence electrons. The van der Waals surface area contributed by atoms with Gasteiger partial charge in [0.15, 0.2) is 0 Å². The van der Waals surface area contributed by atoms with E-state index in [1.807, 2.05) is 39.0 Å². The topological polar surface area (TPSA) is 45.5 Å². The Morgan fingerprint density at radius 3 is 2.21 bits per heavy atom. The van der Waals surface area contributed by atoms with Crippen molar-refractivity contribution in [3.63, 3.8) is 0 Å². The molecular formula is C20H28N2O2. The van der Waals surface area contributed by atoms with E-state index in [4.69, 9.17) is 4.42 Å². The largest absolute Gasteiger partial charge is 0.466 e. The molecule has 1 unspecified atom stereocenters. The number of nitrogens with zero attached hydrogens (tertiary/aromatic N) is 1. The Morgan fingerprint density at radius 2 is 1.71 bits per heavy atom. The van der Waals surface area contributed by atoms with Crippen LogP contribution in [0.2, 0.25) is 0 Å². The molecule has 24 heavy (non-hydrogen) atoms. The first kappa shape index (κ1) is 18.3. The van der Waals surface area contributed by atoms with Crippen molar-refractivity contribution in [3.05, 3.63) is 58.5 Å². The Bertz CT molecular complexity index is 672. The number of aryl methyl sites for hydroxylation is 2. The second-order valence-electron chi connectivity index (χ2n) is 6.07. The molecule has 1 atom stereocenters. The average molecular weight is 328 g/mol. The van der Waals surface area contributed by atoms with E-state index in [0.29, 0.717) is 17.9 Å². The first-order valence-electron chi connectivity index (χ1n) is 8.63. The fraction of sp³-hybridized carbons (Fsp3) is 0.450. The van der Waals surface area contributed by atoms with Crippen molar-refractivity contribution >= 4 is 5.91 Å². The zero-order valence-electron chi connectivity index (χ0n) is 15.3. The predicted octanol–water partition coefficient (Wildman–Crippen LogP) is 4.02. The summed E-state index contributed by atoms with van der Waals surface area (Å²) in [6.07, 6.45) is 0. The maximum atomic E-state index is 12.6. The summed E-state index contributed by atoms with van der Waals surface area (Å²) in [5, 5.41) is 3.10. The zero-order chi connectivity index (χ0) is 17.7. The highest BCUT2D eigenvalue weighted by Gasteiger charge is 2.22. The number of carbonyl (C=O) groups excluding carboxylic acids is 1. The molecule has 0 saturated heterocycles. The van der Waals surface area contributed by atoms with Gasteiger partial charge < -0.3 is 9.73 Å². The predicted molar refractivity (Wildman–Crippen MR) is 97.4 cm³/mol. The minimum absolute atomic E-state index is 0.0602. The Hall–Kier alpha value is -2.07. The molecular weight excluding hydrogens is 300 g/mol. The van der Waals surface area contributed by atoms with Crippen LogP contribution in [-0.4, -0.2) is 30.4 Å². The summed E-state index contributed by atoms with van der Waals surface area (Å²) in [7, 11) is 0. The van der Waals surface area contributed by atoms with Crippen molar-refractivity contribution in [2.75, 3.05) is 19.6 Å². The Balaban J connectivity index is 2.17. The molecule has 1 N–H and O–H groups in total. The fourth-order valence-electron chi connectivity index (χ4n) is 3.20. The van der Waals surface area contributed by atoms with E-state index in [1.54, 1.807) is 0 Å². The van der Waals surface area contributed by atoms with Crippen molar-refractivity contribution in [2.45, 2.75) is 40.7 Å². The summed E-state index contributed by atoms with van der Waals surface area (Å²) in [4.78, 5) is 15.0. The number of nitrogens with one attached hydrogen (secondary N) is 1. The number of hydrogen-bond donors (Lipinski definition) is 1. The zero-order valence-corrected chi connectivity index (χ0v) is 15.3. The summed E-state index contributed by atoms with van der Waals surface area (Å²) in [6.45, 7) is 12.4. The molecule has 1 aromatic carbocycles. The van der Waals surface area contributed by atoms with Gasteiger partial charge >= 0.3 is 0 Å². The standard InChI is InChI=1S/C20H28N2O2/c1-6-22(7-2)18(17-11-9-8-10-12-17)13-21-20(23)19-14(3)15(4)24-16(19)5/h8-12,18H,6-7,13H2,1-5H3,(H,21,23). The quantitative estimate of drug-likeness (QED) is 0.835. The van der Waals surface area contributed by atoms with Crippen LogP contribution >= 0.6 is 0 Å². The maximum absolute atomic E-state index is 12.6. The van der Waals surface area contributed by atoms with Gasteiger partial charge in [0.05, 0.1) is 11.6 Å². The molecule has 1 amide bonds. The number of amides is 1. The second kappa shape index (κ2) is 8.15. The molecule has 1 heterocycles. The summed E-state index contributed by atoms with van der Waals surface area (Å²) >= 11 is 0. The molecule has 0 saturated carbocycles. The van der Waals surface area contributed by atoms with Crippen LogP contribution in [0.4, 0.5) is 0 Å². The van der Waals surface area contributed by atoms with Crippen molar-refractivity contribution < 1.29 is 9.21 Å². The van der Waals surface area contributed by atoms with Gasteiger partial charge in [0.25, 0.3) is 5.91 Å². The van der Waals surface area contributed by atoms with Gasteiger partial charge in [0.1, 0.15) is 11.5 Å². The first-order chi connectivity index (χ1) is 11.5. The summed E-state index contributed by atoms with van der Waals surface area (Å²) < 4.78 is 5.58. The lowest BCUT2D eigenvalue weighted by Gasteiger charge is -2.30. The van der Waals surface area contributed by atoms with Crippen molar-refractivity contribution in [3.8, 4) is 0 Å². The second-order valence-corrected chi connectivity index (χ2v) is 6.07. The molecule has 0 aliphatic rings. The normalized spacial score (nSPS) is 12.4. The smallest absolute Gasteiger partial charge is 0.255 e. The minimum Gasteiger partial charge on any atom is -0.466 e. The molecule has 0 aliphatic carbocycles. The third kappa shape index (κ3) is 3.88. The van der Waals surface area contributed by atoms with Crippen LogP contribution in [0.1, 0.15) is 52.9 Å². The molecule has 1 aromatic heterocycles. The van der Waals surface area contributed by atoms with E-state index in [9.17, 15) is 4.79 Å². The lowest BCUT2D eigenvalue weighted by atomic mass is 10.0. The van der Waals surface area contributed by atoms with Crippen molar-refractivity contribution in [1.82, 2.24) is 10.2 Å². The van der Waals surface area contributed by atoms with Crippen LogP contribution in [0, 0.1) is 20.8 Å². The highest BCUT2D eigenvalue weighted by atomic mass is 16.3. The third-order valence-corrected chi connectivity index (χ3v) is 4.68. The highest BCUT2D eigenvalue weighted by molar-refractivity contribution is 5.96. The summed E-state index contributed by atoms with van der Waals surface area (Å²) in [5.41, 5.74) is 2.81. The van der Waals surface area contributed by atoms with Gasteiger partial charge in [0.2, 0.25) is 0 Å². The molecule has 4 heteroatoms. The van der Waals surface area contributed by atoms with Crippen LogP contribution in [0.25, 0.3) is 0 Å². The number of likely N-dealkylation sites (N-methyl/N-ethyl adjacent to an activating group) is 1. The Labute approximate surface area is 144 Å². The molecule has 0 bridgehead atoms. The highest BCUT2D eigenvalue weighted by Crippen LogP contribution is 2.22. The number of rotatable bonds is 7. The molecule has 0 radical (unpaired) electrons. The van der Waals surface area contributed by atoms with Crippen LogP contribution in [0.3, 0.4) is 0 Å². The molecule has 2 aromatic rings. The van der Waals surface area contributed by atoms with E-state index in [0.717, 1.165) is 24.4 Å². The van der Waals surface area contributed by atoms with Gasteiger partial charge in [-0.15, -0.1) is 0 Å². The number of furan rings is 1. The van der Waals surface area contributed by atoms with Gasteiger partial charge in [-0.05, 0) is 39.4 Å². The minimum atomic E-state index is -0.0602. The number of carbonyl (C=O) groups is 1. The molecule has 4 nitrogen and oxygen atoms in total. The Morgan fingerprint density at radius 1 is 1.08 bits per heavy atom. The summed E-state index contributed by atoms with van der Waals surface area (Å²) in [5.74, 6) is 1.43. The van der Waals surface area contributed by atoms with Crippen molar-refractivity contribution in [2.24, 2.45) is 0 Å². The third-order valence-electron chi connectivity index (χ3n) is 4.68. The van der Waals surface area contributed by atoms with Crippen molar-refractivity contribution in [1.29, 1.82) is 0 Å². The lowest BCUT2D eigenvalue weighted by molar-refractivity contribution is 0.0933. The average Bonchev–Trinajstić information content (AvgIpc) is 2.84. The number of benzene rings is 1. The van der Waals surface area contributed by atoms with Gasteiger partial charge in [-0.2, -0.15) is 0 Å². The molecule has 2 rings (SSSR count). The first-order valence-corrected chi connectivity index (χ1v) is 8.63. The van der Waals surface area contributed by atoms with Gasteiger partial charge in [-0.3, -0.25) is 9.69 Å². The summed E-state index contributed by atoms with van der Waals surface area (Å²) in [6, 6.07) is 10.5. The van der Waals surface area contributed by atoms with Gasteiger partial charge in [0, 0.05) is 12.1 Å². The van der Waals surface area contributed by atoms with Crippen LogP contribution in [0.15, 0.2) is 34.7 Å². The van der Waals surface area contributed by atoms with Crippen LogP contribution < -0.4 is 5.32 Å². The van der Waals surface area contributed by atoms with Gasteiger partial charge in [-0.25, -0.2) is 0 Å². The van der Waals surface area contributed by atoms with E-state index >= 15 is 0 Å². The van der Waals surface area contributed by atoms with Gasteiger partial charge in [-0.1, -0.05) is 44.2 Å². The lowest BCUT2D eigenvalue weighted by Crippen LogP contribution is -2.38. The van der Waals surface area contributed by atoms with E-state index < -0.39 is 0 Å². The van der Waals surface area contributed by atoms with E-state index in [2.05, 4.69) is 36.2 Å². The van der Waals surface area contributed by atoms with E-state index in [1.165, 1.54) is 5.56 Å². The van der Waals surface area contributed by atoms with Crippen LogP contribution in [0.5, 0.6) is 0 Å². The fourth-order valence-corrected chi connectivity index (χ4v) is 3.20. The number of hydrogen-bond acceptors (Lipinski definition) is 3. The maximum Gasteiger partial charge on any atom is 0.255 e. The SMILES string of the molecule is CCN(CC)C(CNC(=O)c1c(C)oc(C)c1C)c1ccccc1. The monoisotopic (exact) mass is 328 g/mol. The molecule has 0 spiro atoms. The Kier molecular flexibility index (Phi) is 6.21. The molecule has 0 aliphatic heterocycles. The molecule has 0 fully saturated rings. The van der Waals surface area contributed by atoms with E-state index in [-0.39, 0.29) is 11.9 Å². The van der Waals surface area contributed by atoms with Crippen LogP contribution in [-0.2, 0) is 0 Å².